The average molecular weight is 357 g/mol. The van der Waals surface area contributed by atoms with Crippen molar-refractivity contribution in [3.05, 3.63) is 65.2 Å². The zero-order valence-electron chi connectivity index (χ0n) is 15.2. The van der Waals surface area contributed by atoms with E-state index in [4.69, 9.17) is 9.47 Å². The molecule has 0 radical (unpaired) electrons. The van der Waals surface area contributed by atoms with Gasteiger partial charge in [-0.3, -0.25) is 4.79 Å². The lowest BCUT2D eigenvalue weighted by Gasteiger charge is -2.09. The molecule has 2 N–H and O–H groups in total. The smallest absolute Gasteiger partial charge is 0.220 e. The number of hydrogen-bond donors (Lipinski definition) is 2. The highest BCUT2D eigenvalue weighted by Crippen LogP contribution is 2.17. The van der Waals surface area contributed by atoms with Crippen LogP contribution in [0.1, 0.15) is 30.0 Å². The molecular weight excluding hydrogens is 330 g/mol. The number of ether oxygens (including phenoxy) is 2. The minimum atomic E-state index is -0.0355. The zero-order chi connectivity index (χ0) is 18.6. The summed E-state index contributed by atoms with van der Waals surface area (Å²) in [5, 5.41) is 12.6. The first-order chi connectivity index (χ1) is 12.7. The summed E-state index contributed by atoms with van der Waals surface area (Å²) in [6.45, 7) is 4.83. The minimum Gasteiger partial charge on any atom is -0.508 e. The molecule has 0 aliphatic rings. The summed E-state index contributed by atoms with van der Waals surface area (Å²) in [6, 6.07) is 15.1. The van der Waals surface area contributed by atoms with E-state index in [1.807, 2.05) is 43.3 Å². The third-order valence-electron chi connectivity index (χ3n) is 3.94. The van der Waals surface area contributed by atoms with Gasteiger partial charge in [-0.25, -0.2) is 0 Å². The molecule has 1 amide bonds. The van der Waals surface area contributed by atoms with E-state index in [0.29, 0.717) is 45.8 Å². The van der Waals surface area contributed by atoms with Gasteiger partial charge in [0, 0.05) is 19.6 Å². The van der Waals surface area contributed by atoms with E-state index in [9.17, 15) is 9.90 Å². The summed E-state index contributed by atoms with van der Waals surface area (Å²) in [6.07, 6.45) is 0.865. The van der Waals surface area contributed by atoms with Crippen molar-refractivity contribution in [3.63, 3.8) is 0 Å². The molecular formula is C21H27NO4. The lowest BCUT2D eigenvalue weighted by atomic mass is 10.1. The number of carbonyl (C=O) groups is 1. The normalized spacial score (nSPS) is 10.7. The summed E-state index contributed by atoms with van der Waals surface area (Å²) < 4.78 is 10.8. The van der Waals surface area contributed by atoms with Crippen LogP contribution in [0, 0.1) is 0 Å². The van der Waals surface area contributed by atoms with Crippen molar-refractivity contribution in [1.29, 1.82) is 0 Å². The fourth-order valence-corrected chi connectivity index (χ4v) is 2.54. The Kier molecular flexibility index (Phi) is 8.66. The monoisotopic (exact) mass is 357 g/mol. The molecule has 140 valence electrons. The van der Waals surface area contributed by atoms with Crippen LogP contribution in [0.5, 0.6) is 5.75 Å². The van der Waals surface area contributed by atoms with Crippen molar-refractivity contribution in [3.8, 4) is 5.75 Å². The molecule has 0 saturated carbocycles. The van der Waals surface area contributed by atoms with Gasteiger partial charge in [0.05, 0.1) is 19.8 Å². The maximum Gasteiger partial charge on any atom is 0.220 e. The van der Waals surface area contributed by atoms with Crippen LogP contribution in [-0.4, -0.2) is 30.8 Å². The highest BCUT2D eigenvalue weighted by Gasteiger charge is 2.05. The van der Waals surface area contributed by atoms with Crippen molar-refractivity contribution in [2.24, 2.45) is 0 Å². The number of para-hydroxylation sites is 1. The summed E-state index contributed by atoms with van der Waals surface area (Å²) in [5.74, 6) is 0.198. The average Bonchev–Trinajstić information content (AvgIpc) is 2.66. The van der Waals surface area contributed by atoms with Gasteiger partial charge in [-0.05, 0) is 36.1 Å². The second-order valence-electron chi connectivity index (χ2n) is 5.97. The van der Waals surface area contributed by atoms with Gasteiger partial charge in [-0.1, -0.05) is 42.5 Å². The molecule has 5 heteroatoms. The van der Waals surface area contributed by atoms with Crippen LogP contribution >= 0.6 is 0 Å². The van der Waals surface area contributed by atoms with Gasteiger partial charge < -0.3 is 19.9 Å². The predicted molar refractivity (Wildman–Crippen MR) is 101 cm³/mol. The Morgan fingerprint density at radius 1 is 1.04 bits per heavy atom. The summed E-state index contributed by atoms with van der Waals surface area (Å²) >= 11 is 0. The third kappa shape index (κ3) is 7.25. The van der Waals surface area contributed by atoms with Crippen LogP contribution in [0.25, 0.3) is 0 Å². The Morgan fingerprint density at radius 2 is 1.81 bits per heavy atom. The van der Waals surface area contributed by atoms with E-state index in [0.717, 1.165) is 16.7 Å². The van der Waals surface area contributed by atoms with Gasteiger partial charge in [0.1, 0.15) is 5.75 Å². The van der Waals surface area contributed by atoms with Gasteiger partial charge in [0.15, 0.2) is 0 Å². The Hall–Kier alpha value is -2.37. The number of phenolic OH excluding ortho intramolecular Hbond substituents is 1. The maximum atomic E-state index is 12.0. The second-order valence-corrected chi connectivity index (χ2v) is 5.97. The van der Waals surface area contributed by atoms with E-state index in [1.165, 1.54) is 0 Å². The van der Waals surface area contributed by atoms with Crippen LogP contribution in [-0.2, 0) is 33.8 Å². The van der Waals surface area contributed by atoms with Crippen molar-refractivity contribution >= 4 is 5.91 Å². The van der Waals surface area contributed by atoms with E-state index < -0.39 is 0 Å². The first kappa shape index (κ1) is 19.9. The largest absolute Gasteiger partial charge is 0.508 e. The van der Waals surface area contributed by atoms with E-state index >= 15 is 0 Å². The molecule has 0 atom stereocenters. The molecule has 5 nitrogen and oxygen atoms in total. The molecule has 0 aliphatic heterocycles. The summed E-state index contributed by atoms with van der Waals surface area (Å²) in [7, 11) is 0. The molecule has 0 aromatic heterocycles. The Labute approximate surface area is 155 Å². The van der Waals surface area contributed by atoms with Crippen LogP contribution in [0.2, 0.25) is 0 Å². The molecule has 0 bridgehead atoms. The molecule has 26 heavy (non-hydrogen) atoms. The Morgan fingerprint density at radius 3 is 2.62 bits per heavy atom. The molecule has 0 aliphatic carbocycles. The van der Waals surface area contributed by atoms with Crippen LogP contribution < -0.4 is 5.32 Å². The first-order valence-electron chi connectivity index (χ1n) is 8.96. The highest BCUT2D eigenvalue weighted by atomic mass is 16.5. The lowest BCUT2D eigenvalue weighted by molar-refractivity contribution is -0.121. The maximum absolute atomic E-state index is 12.0. The standard InChI is InChI=1S/C21H27NO4/c1-2-25-12-13-26-16-18-7-5-6-17(14-18)15-22-21(24)11-10-19-8-3-4-9-20(19)23/h3-9,14,23H,2,10-13,15-16H2,1H3,(H,22,24). The Bertz CT molecular complexity index is 687. The lowest BCUT2D eigenvalue weighted by Crippen LogP contribution is -2.23. The number of amides is 1. The molecule has 2 aromatic rings. The van der Waals surface area contributed by atoms with Crippen molar-refractivity contribution in [1.82, 2.24) is 5.32 Å². The first-order valence-corrected chi connectivity index (χ1v) is 8.96. The number of benzene rings is 2. The number of aryl methyl sites for hydroxylation is 1. The zero-order valence-corrected chi connectivity index (χ0v) is 15.2. The van der Waals surface area contributed by atoms with Crippen molar-refractivity contribution in [2.45, 2.75) is 32.9 Å². The number of carbonyl (C=O) groups excluding carboxylic acids is 1. The topological polar surface area (TPSA) is 67.8 Å². The molecule has 0 unspecified atom stereocenters. The second kappa shape index (κ2) is 11.3. The molecule has 2 aromatic carbocycles. The van der Waals surface area contributed by atoms with E-state index in [2.05, 4.69) is 5.32 Å². The van der Waals surface area contributed by atoms with Gasteiger partial charge in [-0.15, -0.1) is 0 Å². The van der Waals surface area contributed by atoms with Gasteiger partial charge in [0.25, 0.3) is 0 Å². The van der Waals surface area contributed by atoms with Crippen molar-refractivity contribution in [2.75, 3.05) is 19.8 Å². The van der Waals surface area contributed by atoms with Crippen LogP contribution in [0.15, 0.2) is 48.5 Å². The van der Waals surface area contributed by atoms with Gasteiger partial charge in [0.2, 0.25) is 5.91 Å². The molecule has 0 spiro atoms. The van der Waals surface area contributed by atoms with Gasteiger partial charge in [-0.2, -0.15) is 0 Å². The number of hydrogen-bond acceptors (Lipinski definition) is 4. The Balaban J connectivity index is 1.72. The fourth-order valence-electron chi connectivity index (χ4n) is 2.54. The van der Waals surface area contributed by atoms with Crippen LogP contribution in [0.3, 0.4) is 0 Å². The molecule has 2 rings (SSSR count). The number of rotatable bonds is 11. The summed E-state index contributed by atoms with van der Waals surface area (Å²) in [4.78, 5) is 12.0. The number of nitrogens with one attached hydrogen (secondary N) is 1. The number of phenols is 1. The highest BCUT2D eigenvalue weighted by molar-refractivity contribution is 5.76. The van der Waals surface area contributed by atoms with E-state index in [-0.39, 0.29) is 11.7 Å². The summed E-state index contributed by atoms with van der Waals surface area (Å²) in [5.41, 5.74) is 2.89. The molecule has 0 saturated heterocycles. The molecule has 0 fully saturated rings. The third-order valence-corrected chi connectivity index (χ3v) is 3.94. The number of aromatic hydroxyl groups is 1. The predicted octanol–water partition coefficient (Wildman–Crippen LogP) is 3.19. The SMILES string of the molecule is CCOCCOCc1cccc(CNC(=O)CCc2ccccc2O)c1. The minimum absolute atomic E-state index is 0.0355. The fraction of sp³-hybridized carbons (Fsp3) is 0.381. The molecule has 0 heterocycles. The quantitative estimate of drug-likeness (QED) is 0.606. The van der Waals surface area contributed by atoms with Gasteiger partial charge >= 0.3 is 0 Å². The van der Waals surface area contributed by atoms with Crippen LogP contribution in [0.4, 0.5) is 0 Å². The van der Waals surface area contributed by atoms with E-state index in [1.54, 1.807) is 12.1 Å². The van der Waals surface area contributed by atoms with Crippen molar-refractivity contribution < 1.29 is 19.4 Å².